The molecule has 18 heavy (non-hydrogen) atoms. The minimum Gasteiger partial charge on any atom is -0.389 e. The van der Waals surface area contributed by atoms with Crippen LogP contribution in [0.3, 0.4) is 0 Å². The lowest BCUT2D eigenvalue weighted by Gasteiger charge is -2.32. The number of hydrogen-bond donors (Lipinski definition) is 1. The molecule has 0 aliphatic heterocycles. The van der Waals surface area contributed by atoms with Crippen molar-refractivity contribution < 1.29 is 23.1 Å². The molecule has 0 bridgehead atoms. The number of carbonyl (C=O) groups is 1. The summed E-state index contributed by atoms with van der Waals surface area (Å²) < 4.78 is 36.1. The molecule has 0 unspecified atom stereocenters. The molecular formula is C12H20F3NO2. The van der Waals surface area contributed by atoms with Gasteiger partial charge in [-0.05, 0) is 12.8 Å². The van der Waals surface area contributed by atoms with E-state index in [1.54, 1.807) is 0 Å². The highest BCUT2D eigenvalue weighted by molar-refractivity contribution is 5.77. The van der Waals surface area contributed by atoms with E-state index >= 15 is 0 Å². The number of aliphatic hydroxyl groups is 1. The van der Waals surface area contributed by atoms with Crippen LogP contribution in [-0.2, 0) is 4.79 Å². The Bertz CT molecular complexity index is 286. The van der Waals surface area contributed by atoms with Crippen LogP contribution >= 0.6 is 0 Å². The van der Waals surface area contributed by atoms with Crippen LogP contribution in [0.1, 0.15) is 44.9 Å². The van der Waals surface area contributed by atoms with E-state index in [1.165, 1.54) is 7.05 Å². The Kier molecular flexibility index (Phi) is 5.01. The zero-order valence-corrected chi connectivity index (χ0v) is 10.6. The summed E-state index contributed by atoms with van der Waals surface area (Å²) in [5, 5.41) is 10.1. The van der Waals surface area contributed by atoms with E-state index in [0.29, 0.717) is 12.8 Å². The van der Waals surface area contributed by atoms with E-state index in [4.69, 9.17) is 0 Å². The Balaban J connectivity index is 2.39. The summed E-state index contributed by atoms with van der Waals surface area (Å²) in [5.41, 5.74) is -1.01. The van der Waals surface area contributed by atoms with Crippen LogP contribution in [0.15, 0.2) is 0 Å². The molecule has 0 atom stereocenters. The maximum absolute atomic E-state index is 12.0. The number of nitrogens with zero attached hydrogens (tertiary/aromatic N) is 1. The molecular weight excluding hydrogens is 247 g/mol. The largest absolute Gasteiger partial charge is 0.390 e. The number of rotatable bonds is 4. The highest BCUT2D eigenvalue weighted by atomic mass is 19.4. The Labute approximate surface area is 105 Å². The third kappa shape index (κ3) is 5.25. The molecule has 1 N–H and O–H groups in total. The van der Waals surface area contributed by atoms with E-state index in [9.17, 15) is 23.1 Å². The zero-order chi connectivity index (χ0) is 13.8. The van der Waals surface area contributed by atoms with Crippen LogP contribution in [0.5, 0.6) is 0 Å². The molecule has 1 saturated carbocycles. The van der Waals surface area contributed by atoms with Crippen LogP contribution in [0.2, 0.25) is 0 Å². The van der Waals surface area contributed by atoms with Gasteiger partial charge in [-0.3, -0.25) is 4.79 Å². The summed E-state index contributed by atoms with van der Waals surface area (Å²) in [4.78, 5) is 12.8. The third-order valence-electron chi connectivity index (χ3n) is 3.42. The fraction of sp³-hybridized carbons (Fsp3) is 0.917. The summed E-state index contributed by atoms with van der Waals surface area (Å²) in [5.74, 6) is -0.413. The van der Waals surface area contributed by atoms with Crippen LogP contribution in [-0.4, -0.2) is 41.3 Å². The van der Waals surface area contributed by atoms with Gasteiger partial charge < -0.3 is 10.0 Å². The van der Waals surface area contributed by atoms with Gasteiger partial charge in [0.2, 0.25) is 5.91 Å². The maximum Gasteiger partial charge on any atom is 0.390 e. The molecule has 0 aromatic heterocycles. The highest BCUT2D eigenvalue weighted by Gasteiger charge is 2.34. The minimum atomic E-state index is -4.25. The van der Waals surface area contributed by atoms with E-state index < -0.39 is 24.1 Å². The first kappa shape index (κ1) is 15.3. The molecule has 1 rings (SSSR count). The molecule has 3 nitrogen and oxygen atoms in total. The molecule has 1 aliphatic rings. The predicted octanol–water partition coefficient (Wildman–Crippen LogP) is 2.48. The number of amides is 1. The second-order valence-corrected chi connectivity index (χ2v) is 5.14. The van der Waals surface area contributed by atoms with Gasteiger partial charge in [0, 0.05) is 13.6 Å². The number of halogens is 3. The second-order valence-electron chi connectivity index (χ2n) is 5.14. The van der Waals surface area contributed by atoms with E-state index in [2.05, 4.69) is 0 Å². The van der Waals surface area contributed by atoms with Gasteiger partial charge in [-0.1, -0.05) is 19.3 Å². The Morgan fingerprint density at radius 3 is 2.33 bits per heavy atom. The first-order valence-electron chi connectivity index (χ1n) is 6.25. The Morgan fingerprint density at radius 2 is 1.83 bits per heavy atom. The van der Waals surface area contributed by atoms with E-state index in [-0.39, 0.29) is 13.0 Å². The topological polar surface area (TPSA) is 40.5 Å². The van der Waals surface area contributed by atoms with Crippen molar-refractivity contribution in [1.82, 2.24) is 4.90 Å². The molecule has 0 aromatic rings. The van der Waals surface area contributed by atoms with Gasteiger partial charge in [0.25, 0.3) is 0 Å². The fourth-order valence-electron chi connectivity index (χ4n) is 2.22. The van der Waals surface area contributed by atoms with Gasteiger partial charge in [-0.15, -0.1) is 0 Å². The first-order chi connectivity index (χ1) is 8.22. The van der Waals surface area contributed by atoms with Crippen molar-refractivity contribution in [2.24, 2.45) is 0 Å². The summed E-state index contributed by atoms with van der Waals surface area (Å²) in [6.45, 7) is -0.349. The molecule has 1 fully saturated rings. The van der Waals surface area contributed by atoms with Crippen molar-refractivity contribution in [3.63, 3.8) is 0 Å². The van der Waals surface area contributed by atoms with Gasteiger partial charge in [0.15, 0.2) is 0 Å². The standard InChI is InChI=1S/C12H20F3NO2/c1-16(8-7-12(13,14)15)10(17)9-11(18)5-3-2-4-6-11/h18H,2-9H2,1H3. The monoisotopic (exact) mass is 267 g/mol. The summed E-state index contributed by atoms with van der Waals surface area (Å²) >= 11 is 0. The third-order valence-corrected chi connectivity index (χ3v) is 3.42. The molecule has 0 heterocycles. The maximum atomic E-state index is 12.0. The van der Waals surface area contributed by atoms with E-state index in [0.717, 1.165) is 24.2 Å². The quantitative estimate of drug-likeness (QED) is 0.850. The normalized spacial score (nSPS) is 19.6. The molecule has 0 aromatic carbocycles. The van der Waals surface area contributed by atoms with Gasteiger partial charge in [0.1, 0.15) is 0 Å². The lowest BCUT2D eigenvalue weighted by molar-refractivity contribution is -0.147. The van der Waals surface area contributed by atoms with Crippen molar-refractivity contribution in [3.05, 3.63) is 0 Å². The van der Waals surface area contributed by atoms with Crippen LogP contribution in [0, 0.1) is 0 Å². The first-order valence-corrected chi connectivity index (χ1v) is 6.25. The molecule has 1 aliphatic carbocycles. The van der Waals surface area contributed by atoms with Crippen molar-refractivity contribution in [2.75, 3.05) is 13.6 Å². The van der Waals surface area contributed by atoms with Gasteiger partial charge in [0.05, 0.1) is 18.4 Å². The summed E-state index contributed by atoms with van der Waals surface area (Å²) in [6.07, 6.45) is -1.42. The molecule has 1 amide bonds. The van der Waals surface area contributed by atoms with Crippen LogP contribution in [0.25, 0.3) is 0 Å². The summed E-state index contributed by atoms with van der Waals surface area (Å²) in [6, 6.07) is 0. The number of hydrogen-bond acceptors (Lipinski definition) is 2. The summed E-state index contributed by atoms with van der Waals surface area (Å²) in [7, 11) is 1.35. The molecule has 0 spiro atoms. The molecule has 6 heteroatoms. The minimum absolute atomic E-state index is 0.0681. The lowest BCUT2D eigenvalue weighted by Crippen LogP contribution is -2.40. The zero-order valence-electron chi connectivity index (χ0n) is 10.6. The second kappa shape index (κ2) is 5.91. The highest BCUT2D eigenvalue weighted by Crippen LogP contribution is 2.31. The molecule has 0 saturated heterocycles. The average Bonchev–Trinajstić information content (AvgIpc) is 2.25. The predicted molar refractivity (Wildman–Crippen MR) is 61.0 cm³/mol. The number of carbonyl (C=O) groups excluding carboxylic acids is 1. The van der Waals surface area contributed by atoms with Gasteiger partial charge >= 0.3 is 6.18 Å². The van der Waals surface area contributed by atoms with Crippen LogP contribution < -0.4 is 0 Å². The fourth-order valence-corrected chi connectivity index (χ4v) is 2.22. The van der Waals surface area contributed by atoms with Crippen molar-refractivity contribution >= 4 is 5.91 Å². The van der Waals surface area contributed by atoms with Crippen molar-refractivity contribution in [3.8, 4) is 0 Å². The average molecular weight is 267 g/mol. The smallest absolute Gasteiger partial charge is 0.389 e. The Morgan fingerprint density at radius 1 is 1.28 bits per heavy atom. The number of alkyl halides is 3. The van der Waals surface area contributed by atoms with Crippen LogP contribution in [0.4, 0.5) is 13.2 Å². The van der Waals surface area contributed by atoms with Gasteiger partial charge in [-0.2, -0.15) is 13.2 Å². The molecule has 106 valence electrons. The van der Waals surface area contributed by atoms with Crippen molar-refractivity contribution in [1.29, 1.82) is 0 Å². The van der Waals surface area contributed by atoms with E-state index in [1.807, 2.05) is 0 Å². The van der Waals surface area contributed by atoms with Gasteiger partial charge in [-0.25, -0.2) is 0 Å². The Hall–Kier alpha value is -0.780. The SMILES string of the molecule is CN(CCC(F)(F)F)C(=O)CC1(O)CCCCC1. The van der Waals surface area contributed by atoms with Crippen molar-refractivity contribution in [2.45, 2.75) is 56.7 Å². The lowest BCUT2D eigenvalue weighted by atomic mass is 9.82. The molecule has 0 radical (unpaired) electrons.